The molecule has 0 saturated heterocycles. The lowest BCUT2D eigenvalue weighted by atomic mass is 10.2. The number of nitrogens with zero attached hydrogens (tertiary/aromatic N) is 3. The van der Waals surface area contributed by atoms with E-state index in [0.717, 1.165) is 41.8 Å². The summed E-state index contributed by atoms with van der Waals surface area (Å²) in [7, 11) is -1.06. The number of anilines is 1. The fraction of sp³-hybridized carbons (Fsp3) is 0.533. The highest BCUT2D eigenvalue weighted by Gasteiger charge is 2.24. The number of nitrogens with one attached hydrogen (secondary N) is 1. The van der Waals surface area contributed by atoms with Crippen molar-refractivity contribution >= 4 is 27.1 Å². The molecule has 1 aromatic carbocycles. The van der Waals surface area contributed by atoms with E-state index in [1.54, 1.807) is 0 Å². The third-order valence-electron chi connectivity index (χ3n) is 3.95. The van der Waals surface area contributed by atoms with E-state index in [1.807, 2.05) is 0 Å². The maximum Gasteiger partial charge on any atom is 0.270 e. The lowest BCUT2D eigenvalue weighted by molar-refractivity contribution is -0.385. The minimum Gasteiger partial charge on any atom is -0.277 e. The zero-order valence-corrected chi connectivity index (χ0v) is 14.7. The first-order valence-corrected chi connectivity index (χ1v) is 9.29. The fourth-order valence-electron chi connectivity index (χ4n) is 2.51. The van der Waals surface area contributed by atoms with Gasteiger partial charge in [0, 0.05) is 31.9 Å². The summed E-state index contributed by atoms with van der Waals surface area (Å²) in [5.41, 5.74) is 3.76. The van der Waals surface area contributed by atoms with Crippen LogP contribution in [0, 0.1) is 10.1 Å². The predicted molar refractivity (Wildman–Crippen MR) is 92.7 cm³/mol. The molecule has 1 saturated carbocycles. The normalized spacial score (nSPS) is 15.9. The molecule has 0 bridgehead atoms. The summed E-state index contributed by atoms with van der Waals surface area (Å²) < 4.78 is 25.9. The molecule has 2 rings (SSSR count). The second kappa shape index (κ2) is 7.71. The number of hydrazone groups is 1. The van der Waals surface area contributed by atoms with Gasteiger partial charge in [-0.05, 0) is 31.7 Å². The van der Waals surface area contributed by atoms with Crippen LogP contribution in [0.3, 0.4) is 0 Å². The Balaban J connectivity index is 2.38. The van der Waals surface area contributed by atoms with Gasteiger partial charge in [0.25, 0.3) is 5.69 Å². The Labute approximate surface area is 141 Å². The van der Waals surface area contributed by atoms with Crippen molar-refractivity contribution in [2.24, 2.45) is 5.10 Å². The Morgan fingerprint density at radius 3 is 2.33 bits per heavy atom. The Hall–Kier alpha value is -2.00. The Kier molecular flexibility index (Phi) is 5.89. The van der Waals surface area contributed by atoms with E-state index >= 15 is 0 Å². The van der Waals surface area contributed by atoms with Crippen LogP contribution in [0.4, 0.5) is 11.4 Å². The van der Waals surface area contributed by atoms with Gasteiger partial charge in [-0.2, -0.15) is 5.10 Å². The monoisotopic (exact) mass is 354 g/mol. The molecule has 1 aliphatic carbocycles. The maximum absolute atomic E-state index is 12.4. The van der Waals surface area contributed by atoms with E-state index in [-0.39, 0.29) is 16.3 Å². The van der Waals surface area contributed by atoms with Crippen LogP contribution in [0.1, 0.15) is 38.5 Å². The first-order valence-electron chi connectivity index (χ1n) is 7.85. The number of nitro benzene ring substituents is 1. The van der Waals surface area contributed by atoms with Gasteiger partial charge >= 0.3 is 0 Å². The number of rotatable bonds is 5. The van der Waals surface area contributed by atoms with Gasteiger partial charge in [0.2, 0.25) is 10.0 Å². The van der Waals surface area contributed by atoms with E-state index in [1.165, 1.54) is 39.1 Å². The Morgan fingerprint density at radius 2 is 1.79 bits per heavy atom. The van der Waals surface area contributed by atoms with Gasteiger partial charge in [0.15, 0.2) is 0 Å². The lowest BCUT2D eigenvalue weighted by Crippen LogP contribution is -2.23. The van der Waals surface area contributed by atoms with Crippen molar-refractivity contribution in [2.45, 2.75) is 43.4 Å². The van der Waals surface area contributed by atoms with Crippen LogP contribution in [0.25, 0.3) is 0 Å². The quantitative estimate of drug-likeness (QED) is 0.497. The molecule has 132 valence electrons. The van der Waals surface area contributed by atoms with Crippen LogP contribution in [0.15, 0.2) is 28.2 Å². The highest BCUT2D eigenvalue weighted by Crippen LogP contribution is 2.28. The molecular formula is C15H22N4O4S. The van der Waals surface area contributed by atoms with Gasteiger partial charge in [-0.15, -0.1) is 0 Å². The van der Waals surface area contributed by atoms with Gasteiger partial charge in [-0.1, -0.05) is 12.8 Å². The molecule has 0 atom stereocenters. The van der Waals surface area contributed by atoms with E-state index in [2.05, 4.69) is 10.5 Å². The molecule has 1 aliphatic rings. The van der Waals surface area contributed by atoms with Crippen LogP contribution in [-0.2, 0) is 10.0 Å². The van der Waals surface area contributed by atoms with Crippen molar-refractivity contribution in [1.82, 2.24) is 4.31 Å². The highest BCUT2D eigenvalue weighted by atomic mass is 32.2. The van der Waals surface area contributed by atoms with Crippen LogP contribution in [0.5, 0.6) is 0 Å². The van der Waals surface area contributed by atoms with Crippen molar-refractivity contribution in [3.63, 3.8) is 0 Å². The zero-order valence-electron chi connectivity index (χ0n) is 13.9. The van der Waals surface area contributed by atoms with Crippen molar-refractivity contribution in [3.8, 4) is 0 Å². The van der Waals surface area contributed by atoms with Gasteiger partial charge in [-0.3, -0.25) is 15.5 Å². The first kappa shape index (κ1) is 18.3. The molecule has 0 heterocycles. The van der Waals surface area contributed by atoms with Crippen LogP contribution in [0.2, 0.25) is 0 Å². The molecule has 9 heteroatoms. The summed E-state index contributed by atoms with van der Waals surface area (Å²) in [5, 5.41) is 15.3. The number of nitro groups is 1. The largest absolute Gasteiger partial charge is 0.277 e. The van der Waals surface area contributed by atoms with Crippen LogP contribution < -0.4 is 5.43 Å². The average molecular weight is 354 g/mol. The van der Waals surface area contributed by atoms with Crippen molar-refractivity contribution < 1.29 is 13.3 Å². The highest BCUT2D eigenvalue weighted by molar-refractivity contribution is 7.89. The van der Waals surface area contributed by atoms with Crippen molar-refractivity contribution in [1.29, 1.82) is 0 Å². The Bertz CT molecular complexity index is 734. The molecule has 0 amide bonds. The molecule has 0 aliphatic heterocycles. The zero-order chi connectivity index (χ0) is 17.7. The summed E-state index contributed by atoms with van der Waals surface area (Å²) in [4.78, 5) is 10.2. The molecule has 0 spiro atoms. The van der Waals surface area contributed by atoms with Crippen LogP contribution in [-0.4, -0.2) is 37.5 Å². The summed E-state index contributed by atoms with van der Waals surface area (Å²) in [6, 6.07) is 3.71. The smallest absolute Gasteiger partial charge is 0.270 e. The van der Waals surface area contributed by atoms with Crippen molar-refractivity contribution in [3.05, 3.63) is 28.3 Å². The van der Waals surface area contributed by atoms with Crippen LogP contribution >= 0.6 is 0 Å². The molecule has 0 aromatic heterocycles. The summed E-state index contributed by atoms with van der Waals surface area (Å²) in [5.74, 6) is 0. The van der Waals surface area contributed by atoms with Gasteiger partial charge in [0.05, 0.1) is 10.6 Å². The molecule has 1 fully saturated rings. The number of hydrogen-bond donors (Lipinski definition) is 1. The lowest BCUT2D eigenvalue weighted by Gasteiger charge is -2.15. The second-order valence-electron chi connectivity index (χ2n) is 5.93. The average Bonchev–Trinajstić information content (AvgIpc) is 2.81. The molecule has 0 unspecified atom stereocenters. The van der Waals surface area contributed by atoms with E-state index in [4.69, 9.17) is 0 Å². The maximum atomic E-state index is 12.4. The molecule has 1 N–H and O–H groups in total. The molecule has 8 nitrogen and oxygen atoms in total. The van der Waals surface area contributed by atoms with Gasteiger partial charge in [0.1, 0.15) is 4.90 Å². The van der Waals surface area contributed by atoms with E-state index in [0.29, 0.717) is 0 Å². The molecular weight excluding hydrogens is 332 g/mol. The number of hydrogen-bond acceptors (Lipinski definition) is 6. The standard InChI is InChI=1S/C15H22N4O4S/c1-18(2)24(22,23)15-11-13(19(20)21)9-10-14(15)17-16-12-7-5-3-4-6-8-12/h9-11,17H,3-8H2,1-2H3. The van der Waals surface area contributed by atoms with Gasteiger partial charge < -0.3 is 0 Å². The number of benzene rings is 1. The van der Waals surface area contributed by atoms with Crippen molar-refractivity contribution in [2.75, 3.05) is 19.5 Å². The predicted octanol–water partition coefficient (Wildman–Crippen LogP) is 2.97. The van der Waals surface area contributed by atoms with Gasteiger partial charge in [-0.25, -0.2) is 12.7 Å². The third-order valence-corrected chi connectivity index (χ3v) is 5.80. The Morgan fingerprint density at radius 1 is 1.17 bits per heavy atom. The molecule has 1 aromatic rings. The minimum atomic E-state index is -3.83. The third kappa shape index (κ3) is 4.30. The van der Waals surface area contributed by atoms with E-state index < -0.39 is 14.9 Å². The minimum absolute atomic E-state index is 0.153. The fourth-order valence-corrected chi connectivity index (χ4v) is 3.57. The SMILES string of the molecule is CN(C)S(=O)(=O)c1cc([N+](=O)[O-])ccc1NN=C1CCCCCC1. The number of sulfonamides is 1. The topological polar surface area (TPSA) is 105 Å². The molecule has 24 heavy (non-hydrogen) atoms. The number of non-ortho nitro benzene ring substituents is 1. The molecule has 0 radical (unpaired) electrons. The van der Waals surface area contributed by atoms with E-state index in [9.17, 15) is 18.5 Å². The summed E-state index contributed by atoms with van der Waals surface area (Å²) in [6.45, 7) is 0. The first-order chi connectivity index (χ1) is 11.3. The second-order valence-corrected chi connectivity index (χ2v) is 8.05. The summed E-state index contributed by atoms with van der Waals surface area (Å²) in [6.07, 6.45) is 6.27. The summed E-state index contributed by atoms with van der Waals surface area (Å²) >= 11 is 0.